The van der Waals surface area contributed by atoms with Gasteiger partial charge in [-0.1, -0.05) is 12.1 Å². The molecule has 0 saturated heterocycles. The Morgan fingerprint density at radius 2 is 1.48 bits per heavy atom. The van der Waals surface area contributed by atoms with Gasteiger partial charge in [-0.3, -0.25) is 0 Å². The van der Waals surface area contributed by atoms with Crippen LogP contribution in [0.1, 0.15) is 18.5 Å². The van der Waals surface area contributed by atoms with Crippen molar-refractivity contribution in [2.45, 2.75) is 13.0 Å². The van der Waals surface area contributed by atoms with E-state index in [9.17, 15) is 0 Å². The standard InChI is InChI=1S/C22H23N7O2/c1-13(29(2)22-25-12-18-19(23)26-21(24)27-20(18)28-22)14-4-6-16(7-5-14)31-17-10-8-15(30-3)9-11-17/h4-13H,1-3H3,(H4,23,24,25,26,27,28). The van der Waals surface area contributed by atoms with Gasteiger partial charge in [0.1, 0.15) is 23.1 Å². The number of fused-ring (bicyclic) bond motifs is 1. The average molecular weight is 417 g/mol. The summed E-state index contributed by atoms with van der Waals surface area (Å²) in [6.07, 6.45) is 1.61. The van der Waals surface area contributed by atoms with Crippen LogP contribution in [-0.4, -0.2) is 34.1 Å². The minimum atomic E-state index is 0.00372. The molecule has 0 saturated carbocycles. The zero-order chi connectivity index (χ0) is 22.0. The minimum Gasteiger partial charge on any atom is -0.497 e. The maximum atomic E-state index is 5.90. The molecule has 1 atom stereocenters. The van der Waals surface area contributed by atoms with Crippen molar-refractivity contribution in [1.29, 1.82) is 0 Å². The molecule has 9 heteroatoms. The van der Waals surface area contributed by atoms with E-state index in [0.29, 0.717) is 17.0 Å². The lowest BCUT2D eigenvalue weighted by Gasteiger charge is -2.25. The number of ether oxygens (including phenoxy) is 2. The SMILES string of the molecule is COc1ccc(Oc2ccc(C(C)N(C)c3ncc4c(N)nc(N)nc4n3)cc2)cc1. The Morgan fingerprint density at radius 1 is 0.871 bits per heavy atom. The van der Waals surface area contributed by atoms with E-state index in [-0.39, 0.29) is 17.8 Å². The quantitative estimate of drug-likeness (QED) is 0.484. The summed E-state index contributed by atoms with van der Waals surface area (Å²) < 4.78 is 11.1. The van der Waals surface area contributed by atoms with Gasteiger partial charge in [-0.2, -0.15) is 15.0 Å². The second kappa shape index (κ2) is 8.31. The first-order valence-electron chi connectivity index (χ1n) is 9.65. The third-order valence-corrected chi connectivity index (χ3v) is 5.04. The van der Waals surface area contributed by atoms with E-state index in [2.05, 4.69) is 26.9 Å². The summed E-state index contributed by atoms with van der Waals surface area (Å²) in [6.45, 7) is 2.07. The van der Waals surface area contributed by atoms with Crippen molar-refractivity contribution >= 4 is 28.7 Å². The molecule has 0 spiro atoms. The molecule has 0 aliphatic heterocycles. The molecule has 0 radical (unpaired) electrons. The number of anilines is 3. The lowest BCUT2D eigenvalue weighted by molar-refractivity contribution is 0.413. The predicted octanol–water partition coefficient (Wildman–Crippen LogP) is 3.58. The van der Waals surface area contributed by atoms with E-state index in [0.717, 1.165) is 22.8 Å². The smallest absolute Gasteiger partial charge is 0.227 e. The van der Waals surface area contributed by atoms with Crippen LogP contribution in [0.2, 0.25) is 0 Å². The van der Waals surface area contributed by atoms with E-state index in [1.54, 1.807) is 13.3 Å². The number of benzene rings is 2. The molecule has 0 fully saturated rings. The molecule has 0 aliphatic carbocycles. The average Bonchev–Trinajstić information content (AvgIpc) is 2.78. The molecule has 4 aromatic rings. The highest BCUT2D eigenvalue weighted by molar-refractivity contribution is 5.85. The number of nitrogens with zero attached hydrogens (tertiary/aromatic N) is 5. The van der Waals surface area contributed by atoms with Crippen LogP contribution in [0, 0.1) is 0 Å². The van der Waals surface area contributed by atoms with Crippen molar-refractivity contribution in [3.8, 4) is 17.2 Å². The highest BCUT2D eigenvalue weighted by atomic mass is 16.5. The number of hydrogen-bond donors (Lipinski definition) is 2. The second-order valence-corrected chi connectivity index (χ2v) is 7.01. The monoisotopic (exact) mass is 417 g/mol. The number of nitrogen functional groups attached to an aromatic ring is 2. The normalized spacial score (nSPS) is 11.8. The fourth-order valence-electron chi connectivity index (χ4n) is 3.11. The first-order valence-corrected chi connectivity index (χ1v) is 9.65. The molecule has 2 aromatic heterocycles. The van der Waals surface area contributed by atoms with E-state index in [1.165, 1.54) is 0 Å². The maximum absolute atomic E-state index is 5.90. The van der Waals surface area contributed by atoms with Crippen LogP contribution in [0.5, 0.6) is 17.2 Å². The summed E-state index contributed by atoms with van der Waals surface area (Å²) in [4.78, 5) is 19.0. The Hall–Kier alpha value is -4.14. The van der Waals surface area contributed by atoms with Gasteiger partial charge in [0.25, 0.3) is 0 Å². The van der Waals surface area contributed by atoms with Gasteiger partial charge in [0.2, 0.25) is 11.9 Å². The molecule has 9 nitrogen and oxygen atoms in total. The largest absolute Gasteiger partial charge is 0.497 e. The summed E-state index contributed by atoms with van der Waals surface area (Å²) in [5.41, 5.74) is 13.1. The summed E-state index contributed by atoms with van der Waals surface area (Å²) in [6, 6.07) is 15.3. The zero-order valence-electron chi connectivity index (χ0n) is 17.5. The number of nitrogens with two attached hydrogens (primary N) is 2. The van der Waals surface area contributed by atoms with Gasteiger partial charge >= 0.3 is 0 Å². The molecule has 1 unspecified atom stereocenters. The fraction of sp³-hybridized carbons (Fsp3) is 0.182. The lowest BCUT2D eigenvalue weighted by Crippen LogP contribution is -2.23. The third kappa shape index (κ3) is 4.25. The van der Waals surface area contributed by atoms with Crippen molar-refractivity contribution in [1.82, 2.24) is 19.9 Å². The summed E-state index contributed by atoms with van der Waals surface area (Å²) >= 11 is 0. The van der Waals surface area contributed by atoms with Crippen LogP contribution in [-0.2, 0) is 0 Å². The Labute approximate surface area is 179 Å². The topological polar surface area (TPSA) is 125 Å². The predicted molar refractivity (Wildman–Crippen MR) is 120 cm³/mol. The first-order chi connectivity index (χ1) is 14.9. The molecule has 0 bridgehead atoms. The van der Waals surface area contributed by atoms with Gasteiger partial charge in [-0.05, 0) is 48.9 Å². The van der Waals surface area contributed by atoms with Crippen molar-refractivity contribution < 1.29 is 9.47 Å². The molecule has 4 N–H and O–H groups in total. The van der Waals surface area contributed by atoms with Crippen LogP contribution in [0.4, 0.5) is 17.7 Å². The number of rotatable bonds is 6. The highest BCUT2D eigenvalue weighted by Gasteiger charge is 2.16. The zero-order valence-corrected chi connectivity index (χ0v) is 17.5. The molecule has 2 aromatic carbocycles. The van der Waals surface area contributed by atoms with E-state index in [1.807, 2.05) is 60.5 Å². The molecular weight excluding hydrogens is 394 g/mol. The van der Waals surface area contributed by atoms with E-state index < -0.39 is 0 Å². The summed E-state index contributed by atoms with van der Waals surface area (Å²) in [5.74, 6) is 3.12. The van der Waals surface area contributed by atoms with E-state index in [4.69, 9.17) is 20.9 Å². The highest BCUT2D eigenvalue weighted by Crippen LogP contribution is 2.28. The van der Waals surface area contributed by atoms with Crippen molar-refractivity contribution in [3.63, 3.8) is 0 Å². The van der Waals surface area contributed by atoms with E-state index >= 15 is 0 Å². The Balaban J connectivity index is 1.50. The van der Waals surface area contributed by atoms with Crippen LogP contribution < -0.4 is 25.8 Å². The molecule has 2 heterocycles. The van der Waals surface area contributed by atoms with Crippen LogP contribution in [0.25, 0.3) is 11.0 Å². The van der Waals surface area contributed by atoms with Gasteiger partial charge in [0.15, 0.2) is 5.65 Å². The summed E-state index contributed by atoms with van der Waals surface area (Å²) in [7, 11) is 3.55. The Bertz CT molecular complexity index is 1200. The van der Waals surface area contributed by atoms with Crippen molar-refractivity contribution in [2.75, 3.05) is 30.5 Å². The Kier molecular flexibility index (Phi) is 5.40. The molecule has 0 amide bonds. The first kappa shape index (κ1) is 20.1. The molecule has 158 valence electrons. The number of methoxy groups -OCH3 is 1. The minimum absolute atomic E-state index is 0.00372. The van der Waals surface area contributed by atoms with Gasteiger partial charge in [-0.25, -0.2) is 4.98 Å². The second-order valence-electron chi connectivity index (χ2n) is 7.01. The number of hydrogen-bond acceptors (Lipinski definition) is 9. The van der Waals surface area contributed by atoms with Gasteiger partial charge < -0.3 is 25.8 Å². The fourth-order valence-corrected chi connectivity index (χ4v) is 3.11. The van der Waals surface area contributed by atoms with Crippen LogP contribution in [0.15, 0.2) is 54.7 Å². The summed E-state index contributed by atoms with van der Waals surface area (Å²) in [5, 5.41) is 0.569. The molecule has 0 aliphatic rings. The van der Waals surface area contributed by atoms with Gasteiger partial charge in [0, 0.05) is 13.2 Å². The lowest BCUT2D eigenvalue weighted by atomic mass is 10.1. The Morgan fingerprint density at radius 3 is 2.13 bits per heavy atom. The van der Waals surface area contributed by atoms with Crippen LogP contribution in [0.3, 0.4) is 0 Å². The number of aromatic nitrogens is 4. The maximum Gasteiger partial charge on any atom is 0.227 e. The van der Waals surface area contributed by atoms with Gasteiger partial charge in [0.05, 0.1) is 18.5 Å². The van der Waals surface area contributed by atoms with Crippen molar-refractivity contribution in [2.24, 2.45) is 0 Å². The molecule has 31 heavy (non-hydrogen) atoms. The molecular formula is C22H23N7O2. The van der Waals surface area contributed by atoms with Gasteiger partial charge in [-0.15, -0.1) is 0 Å². The molecule has 4 rings (SSSR count). The third-order valence-electron chi connectivity index (χ3n) is 5.04. The van der Waals surface area contributed by atoms with Crippen LogP contribution >= 0.6 is 0 Å². The van der Waals surface area contributed by atoms with Crippen molar-refractivity contribution in [3.05, 3.63) is 60.3 Å².